The first-order valence-corrected chi connectivity index (χ1v) is 13.8. The van der Waals surface area contributed by atoms with Crippen molar-refractivity contribution in [1.29, 1.82) is 0 Å². The molecule has 192 valence electrons. The van der Waals surface area contributed by atoms with E-state index in [-0.39, 0.29) is 33.4 Å². The van der Waals surface area contributed by atoms with Gasteiger partial charge in [0.1, 0.15) is 10.7 Å². The van der Waals surface area contributed by atoms with Crippen molar-refractivity contribution in [3.8, 4) is 0 Å². The molecule has 0 spiro atoms. The first-order valence-electron chi connectivity index (χ1n) is 11.6. The van der Waals surface area contributed by atoms with Gasteiger partial charge in [-0.1, -0.05) is 53.5 Å². The van der Waals surface area contributed by atoms with Crippen molar-refractivity contribution in [3.05, 3.63) is 63.6 Å². The fourth-order valence-electron chi connectivity index (χ4n) is 3.79. The number of rotatable bonds is 11. The SMILES string of the molecule is O=C(CNC(=O)CN(C1CC1)S(=O)(=O)c1cccc(Cl)c1Cl)NCCc1ccc(C2=NCCN2)cc1. The lowest BCUT2D eigenvalue weighted by Gasteiger charge is -2.22. The van der Waals surface area contributed by atoms with Crippen LogP contribution in [-0.2, 0) is 26.0 Å². The van der Waals surface area contributed by atoms with Gasteiger partial charge in [0.05, 0.1) is 29.7 Å². The maximum absolute atomic E-state index is 13.1. The summed E-state index contributed by atoms with van der Waals surface area (Å²) in [5, 5.41) is 8.52. The van der Waals surface area contributed by atoms with Crippen LogP contribution in [0.4, 0.5) is 0 Å². The number of hydrogen-bond donors (Lipinski definition) is 3. The van der Waals surface area contributed by atoms with Gasteiger partial charge in [-0.3, -0.25) is 14.6 Å². The smallest absolute Gasteiger partial charge is 0.245 e. The summed E-state index contributed by atoms with van der Waals surface area (Å²) in [6.07, 6.45) is 1.93. The standard InChI is InChI=1S/C24H27Cl2N5O4S/c25-19-2-1-3-20(23(19)26)36(34,35)31(18-8-9-18)15-22(33)30-14-21(32)27-11-10-16-4-6-17(7-5-16)24-28-12-13-29-24/h1-7,18H,8-15H2,(H,27,32)(H,28,29)(H,30,33). The second-order valence-electron chi connectivity index (χ2n) is 8.56. The number of amidine groups is 1. The molecule has 2 aliphatic rings. The number of hydrogen-bond acceptors (Lipinski definition) is 6. The Morgan fingerprint density at radius 1 is 1.06 bits per heavy atom. The number of aliphatic imine (C=N–C) groups is 1. The van der Waals surface area contributed by atoms with Crippen molar-refractivity contribution in [1.82, 2.24) is 20.3 Å². The molecule has 12 heteroatoms. The van der Waals surface area contributed by atoms with Crippen LogP contribution in [0, 0.1) is 0 Å². The fraction of sp³-hybridized carbons (Fsp3) is 0.375. The average molecular weight is 552 g/mol. The van der Waals surface area contributed by atoms with Gasteiger partial charge in [-0.15, -0.1) is 0 Å². The zero-order valence-electron chi connectivity index (χ0n) is 19.5. The van der Waals surface area contributed by atoms with Crippen molar-refractivity contribution in [3.63, 3.8) is 0 Å². The predicted molar refractivity (Wildman–Crippen MR) is 139 cm³/mol. The highest BCUT2D eigenvalue weighted by Gasteiger charge is 2.40. The summed E-state index contributed by atoms with van der Waals surface area (Å²) < 4.78 is 27.4. The van der Waals surface area contributed by atoms with Gasteiger partial charge in [-0.25, -0.2) is 8.42 Å². The van der Waals surface area contributed by atoms with Crippen LogP contribution in [0.3, 0.4) is 0 Å². The van der Waals surface area contributed by atoms with Crippen molar-refractivity contribution in [2.75, 3.05) is 32.7 Å². The van der Waals surface area contributed by atoms with Gasteiger partial charge in [0.15, 0.2) is 0 Å². The zero-order chi connectivity index (χ0) is 25.7. The largest absolute Gasteiger partial charge is 0.368 e. The Balaban J connectivity index is 1.24. The normalized spacial score (nSPS) is 15.4. The molecule has 2 amide bonds. The third-order valence-corrected chi connectivity index (χ3v) is 8.71. The highest BCUT2D eigenvalue weighted by molar-refractivity contribution is 7.89. The lowest BCUT2D eigenvalue weighted by Crippen LogP contribution is -2.45. The van der Waals surface area contributed by atoms with Crippen molar-refractivity contribution >= 4 is 50.9 Å². The molecule has 1 aliphatic heterocycles. The third-order valence-electron chi connectivity index (χ3n) is 5.84. The van der Waals surface area contributed by atoms with Crippen LogP contribution >= 0.6 is 23.2 Å². The summed E-state index contributed by atoms with van der Waals surface area (Å²) in [6.45, 7) is 1.38. The molecule has 0 radical (unpaired) electrons. The minimum absolute atomic E-state index is 0.0804. The molecule has 1 saturated carbocycles. The lowest BCUT2D eigenvalue weighted by atomic mass is 10.1. The van der Waals surface area contributed by atoms with E-state index in [4.69, 9.17) is 23.2 Å². The Morgan fingerprint density at radius 3 is 2.47 bits per heavy atom. The molecule has 4 rings (SSSR count). The summed E-state index contributed by atoms with van der Waals surface area (Å²) in [5.41, 5.74) is 2.09. The molecular formula is C24H27Cl2N5O4S. The molecule has 2 aromatic rings. The number of carbonyl (C=O) groups excluding carboxylic acids is 2. The number of sulfonamides is 1. The zero-order valence-corrected chi connectivity index (χ0v) is 21.8. The van der Waals surface area contributed by atoms with E-state index in [1.54, 1.807) is 0 Å². The van der Waals surface area contributed by atoms with E-state index in [1.807, 2.05) is 24.3 Å². The molecule has 1 aliphatic carbocycles. The Hall–Kier alpha value is -2.66. The van der Waals surface area contributed by atoms with Crippen LogP contribution in [0.2, 0.25) is 10.0 Å². The van der Waals surface area contributed by atoms with Crippen LogP contribution in [0.5, 0.6) is 0 Å². The first-order chi connectivity index (χ1) is 17.3. The van der Waals surface area contributed by atoms with Crippen molar-refractivity contribution in [2.45, 2.75) is 30.2 Å². The first kappa shape index (κ1) is 26.4. The Kier molecular flexibility index (Phi) is 8.50. The monoisotopic (exact) mass is 551 g/mol. The number of halogens is 2. The van der Waals surface area contributed by atoms with E-state index in [0.717, 1.165) is 34.4 Å². The molecule has 0 saturated heterocycles. The van der Waals surface area contributed by atoms with Crippen LogP contribution in [0.25, 0.3) is 0 Å². The van der Waals surface area contributed by atoms with E-state index in [2.05, 4.69) is 20.9 Å². The summed E-state index contributed by atoms with van der Waals surface area (Å²) in [5.74, 6) is -0.0321. The van der Waals surface area contributed by atoms with E-state index < -0.39 is 22.5 Å². The number of amides is 2. The molecule has 0 unspecified atom stereocenters. The van der Waals surface area contributed by atoms with E-state index in [9.17, 15) is 18.0 Å². The van der Waals surface area contributed by atoms with Gasteiger partial charge in [-0.2, -0.15) is 4.31 Å². The minimum atomic E-state index is -4.03. The molecule has 9 nitrogen and oxygen atoms in total. The molecule has 3 N–H and O–H groups in total. The Morgan fingerprint density at radius 2 is 1.81 bits per heavy atom. The van der Waals surface area contributed by atoms with Crippen LogP contribution in [0.15, 0.2) is 52.4 Å². The van der Waals surface area contributed by atoms with Gasteiger partial charge >= 0.3 is 0 Å². The maximum atomic E-state index is 13.1. The quantitative estimate of drug-likeness (QED) is 0.394. The molecule has 1 fully saturated rings. The second kappa shape index (κ2) is 11.6. The van der Waals surface area contributed by atoms with E-state index in [1.165, 1.54) is 18.2 Å². The maximum Gasteiger partial charge on any atom is 0.245 e. The second-order valence-corrected chi connectivity index (χ2v) is 11.2. The van der Waals surface area contributed by atoms with Crippen LogP contribution in [-0.4, -0.2) is 69.1 Å². The lowest BCUT2D eigenvalue weighted by molar-refractivity contribution is -0.126. The van der Waals surface area contributed by atoms with Gasteiger partial charge in [-0.05, 0) is 37.0 Å². The number of benzene rings is 2. The minimum Gasteiger partial charge on any atom is -0.368 e. The average Bonchev–Trinajstić information content (AvgIpc) is 3.55. The number of nitrogens with one attached hydrogen (secondary N) is 3. The Bertz CT molecular complexity index is 1260. The summed E-state index contributed by atoms with van der Waals surface area (Å²) in [6, 6.07) is 12.0. The topological polar surface area (TPSA) is 120 Å². The van der Waals surface area contributed by atoms with Gasteiger partial charge in [0.2, 0.25) is 21.8 Å². The van der Waals surface area contributed by atoms with E-state index >= 15 is 0 Å². The number of nitrogens with zero attached hydrogens (tertiary/aromatic N) is 2. The number of carbonyl (C=O) groups is 2. The summed E-state index contributed by atoms with van der Waals surface area (Å²) in [7, 11) is -4.03. The molecule has 1 heterocycles. The summed E-state index contributed by atoms with van der Waals surface area (Å²) >= 11 is 12.1. The van der Waals surface area contributed by atoms with Gasteiger partial charge < -0.3 is 16.0 Å². The highest BCUT2D eigenvalue weighted by Crippen LogP contribution is 2.36. The fourth-order valence-corrected chi connectivity index (χ4v) is 6.17. The van der Waals surface area contributed by atoms with Gasteiger partial charge in [0.25, 0.3) is 0 Å². The van der Waals surface area contributed by atoms with E-state index in [0.29, 0.717) is 25.8 Å². The van der Waals surface area contributed by atoms with Gasteiger partial charge in [0, 0.05) is 24.7 Å². The molecule has 0 atom stereocenters. The highest BCUT2D eigenvalue weighted by atomic mass is 35.5. The summed E-state index contributed by atoms with van der Waals surface area (Å²) in [4.78, 5) is 28.9. The molecule has 0 bridgehead atoms. The molecule has 2 aromatic carbocycles. The molecule has 0 aromatic heterocycles. The molecular weight excluding hydrogens is 525 g/mol. The van der Waals surface area contributed by atoms with Crippen LogP contribution < -0.4 is 16.0 Å². The predicted octanol–water partition coefficient (Wildman–Crippen LogP) is 1.97. The third kappa shape index (κ3) is 6.56. The van der Waals surface area contributed by atoms with Crippen molar-refractivity contribution in [2.24, 2.45) is 4.99 Å². The van der Waals surface area contributed by atoms with Crippen LogP contribution in [0.1, 0.15) is 24.0 Å². The Labute approximate surface area is 220 Å². The molecule has 36 heavy (non-hydrogen) atoms. The van der Waals surface area contributed by atoms with Crippen molar-refractivity contribution < 1.29 is 18.0 Å².